The number of aryl methyl sites for hydroxylation is 2. The molecule has 0 atom stereocenters. The van der Waals surface area contributed by atoms with Crippen molar-refractivity contribution in [2.45, 2.75) is 20.8 Å². The summed E-state index contributed by atoms with van der Waals surface area (Å²) in [5.74, 6) is 0. The monoisotopic (exact) mass is 539 g/mol. The number of furan rings is 2. The third kappa shape index (κ3) is 2.62. The molecule has 10 aromatic rings. The second-order valence-electron chi connectivity index (χ2n) is 11.9. The molecule has 42 heavy (non-hydrogen) atoms. The Morgan fingerprint density at radius 3 is 1.40 bits per heavy atom. The van der Waals surface area contributed by atoms with E-state index >= 15 is 0 Å². The maximum Gasteiger partial charge on any atom is 0.160 e. The average Bonchev–Trinajstić information content (AvgIpc) is 3.75. The Labute approximate surface area is 240 Å². The van der Waals surface area contributed by atoms with Gasteiger partial charge in [-0.25, -0.2) is 0 Å². The van der Waals surface area contributed by atoms with Crippen LogP contribution in [0, 0.1) is 20.8 Å². The van der Waals surface area contributed by atoms with Gasteiger partial charge in [-0.1, -0.05) is 60.7 Å². The van der Waals surface area contributed by atoms with Crippen LogP contribution in [0.5, 0.6) is 0 Å². The minimum atomic E-state index is 0.907. The molecule has 0 aliphatic rings. The summed E-state index contributed by atoms with van der Waals surface area (Å²) in [5, 5.41) is 9.39. The summed E-state index contributed by atoms with van der Waals surface area (Å²) in [6.07, 6.45) is 0. The van der Waals surface area contributed by atoms with Gasteiger partial charge in [0.2, 0.25) is 0 Å². The van der Waals surface area contributed by atoms with E-state index in [-0.39, 0.29) is 0 Å². The zero-order valence-corrected chi connectivity index (χ0v) is 23.5. The number of nitrogens with zero attached hydrogens (tertiary/aromatic N) is 1. The van der Waals surface area contributed by atoms with Crippen LogP contribution in [0.4, 0.5) is 0 Å². The van der Waals surface area contributed by atoms with Gasteiger partial charge < -0.3 is 13.2 Å². The van der Waals surface area contributed by atoms with E-state index in [0.29, 0.717) is 0 Å². The van der Waals surface area contributed by atoms with Crippen LogP contribution in [-0.2, 0) is 0 Å². The summed E-state index contributed by atoms with van der Waals surface area (Å²) >= 11 is 0. The van der Waals surface area contributed by atoms with E-state index in [9.17, 15) is 0 Å². The van der Waals surface area contributed by atoms with Crippen molar-refractivity contribution < 1.29 is 8.83 Å². The fraction of sp³-hybridized carbons (Fsp3) is 0.0769. The molecule has 198 valence electrons. The summed E-state index contributed by atoms with van der Waals surface area (Å²) in [6.45, 7) is 6.63. The predicted molar refractivity (Wildman–Crippen MR) is 175 cm³/mol. The van der Waals surface area contributed by atoms with Crippen molar-refractivity contribution >= 4 is 82.0 Å². The van der Waals surface area contributed by atoms with E-state index in [1.165, 1.54) is 54.9 Å². The van der Waals surface area contributed by atoms with Gasteiger partial charge in [-0.05, 0) is 85.0 Å². The fourth-order valence-corrected chi connectivity index (χ4v) is 7.42. The first kappa shape index (κ1) is 22.4. The minimum absolute atomic E-state index is 0.907. The molecule has 3 nitrogen and oxygen atoms in total. The first-order chi connectivity index (χ1) is 20.6. The quantitative estimate of drug-likeness (QED) is 0.208. The van der Waals surface area contributed by atoms with Crippen LogP contribution in [0.15, 0.2) is 106 Å². The molecular weight excluding hydrogens is 514 g/mol. The molecule has 0 spiro atoms. The number of hydrogen-bond donors (Lipinski definition) is 0. The Morgan fingerprint density at radius 2 is 0.881 bits per heavy atom. The number of rotatable bonds is 1. The lowest BCUT2D eigenvalue weighted by Gasteiger charge is -2.10. The highest BCUT2D eigenvalue weighted by Crippen LogP contribution is 2.47. The lowest BCUT2D eigenvalue weighted by molar-refractivity contribution is 0.670. The molecule has 0 bridgehead atoms. The van der Waals surface area contributed by atoms with Gasteiger partial charge in [-0.3, -0.25) is 0 Å². The minimum Gasteiger partial charge on any atom is -0.454 e. The Morgan fingerprint density at radius 1 is 0.429 bits per heavy atom. The zero-order chi connectivity index (χ0) is 27.9. The summed E-state index contributed by atoms with van der Waals surface area (Å²) in [7, 11) is 0. The zero-order valence-electron chi connectivity index (χ0n) is 23.5. The molecule has 3 heteroatoms. The Bertz CT molecular complexity index is 2590. The number of hydrogen-bond acceptors (Lipinski definition) is 2. The molecule has 0 saturated carbocycles. The number of para-hydroxylation sites is 2. The van der Waals surface area contributed by atoms with E-state index < -0.39 is 0 Å². The highest BCUT2D eigenvalue weighted by Gasteiger charge is 2.25. The molecule has 0 fully saturated rings. The van der Waals surface area contributed by atoms with E-state index in [1.807, 2.05) is 12.1 Å². The molecule has 4 aromatic heterocycles. The SMILES string of the molecule is Cc1cc(-c2cc3c4ccc5c6ccccc6oc5c4n4c3c(c2)c2ccc3c5ccccc5oc3c24)cc(C)c1C. The fourth-order valence-electron chi connectivity index (χ4n) is 7.42. The first-order valence-corrected chi connectivity index (χ1v) is 14.5. The van der Waals surface area contributed by atoms with Gasteiger partial charge in [0.25, 0.3) is 0 Å². The standard InChI is InChI=1S/C39H25NO2/c1-20-16-23(17-21(2)22(20)3)24-18-31-27-12-14-29-25-8-4-6-10-33(25)41-38(29)36(27)40-35(31)32(19-24)28-13-15-30-26-9-5-7-11-34(26)42-39(30)37(28)40/h4-19H,1-3H3. The molecular formula is C39H25NO2. The van der Waals surface area contributed by atoms with Crippen LogP contribution >= 0.6 is 0 Å². The van der Waals surface area contributed by atoms with Crippen molar-refractivity contribution in [2.75, 3.05) is 0 Å². The summed E-state index contributed by atoms with van der Waals surface area (Å²) in [6, 6.07) is 35.1. The van der Waals surface area contributed by atoms with Crippen molar-refractivity contribution in [2.24, 2.45) is 0 Å². The summed E-state index contributed by atoms with van der Waals surface area (Å²) in [4.78, 5) is 0. The number of benzene rings is 6. The van der Waals surface area contributed by atoms with Crippen molar-refractivity contribution in [1.29, 1.82) is 0 Å². The topological polar surface area (TPSA) is 30.7 Å². The average molecular weight is 540 g/mol. The smallest absolute Gasteiger partial charge is 0.160 e. The van der Waals surface area contributed by atoms with Gasteiger partial charge in [0.1, 0.15) is 11.2 Å². The Balaban J connectivity index is 1.48. The molecule has 0 radical (unpaired) electrons. The van der Waals surface area contributed by atoms with E-state index in [1.54, 1.807) is 0 Å². The van der Waals surface area contributed by atoms with Crippen LogP contribution in [0.1, 0.15) is 16.7 Å². The van der Waals surface area contributed by atoms with Gasteiger partial charge in [0.05, 0.1) is 16.6 Å². The van der Waals surface area contributed by atoms with Gasteiger partial charge in [-0.2, -0.15) is 0 Å². The lowest BCUT2D eigenvalue weighted by Crippen LogP contribution is -1.89. The lowest BCUT2D eigenvalue weighted by atomic mass is 9.94. The molecule has 0 aliphatic heterocycles. The largest absolute Gasteiger partial charge is 0.454 e. The van der Waals surface area contributed by atoms with E-state index in [2.05, 4.69) is 110 Å². The van der Waals surface area contributed by atoms with E-state index in [4.69, 9.17) is 8.83 Å². The highest BCUT2D eigenvalue weighted by molar-refractivity contribution is 6.31. The van der Waals surface area contributed by atoms with Crippen LogP contribution in [0.2, 0.25) is 0 Å². The molecule has 0 saturated heterocycles. The predicted octanol–water partition coefficient (Wildman–Crippen LogP) is 11.2. The molecule has 4 heterocycles. The second-order valence-corrected chi connectivity index (χ2v) is 11.9. The molecule has 6 aromatic carbocycles. The summed E-state index contributed by atoms with van der Waals surface area (Å²) in [5.41, 5.74) is 13.5. The van der Waals surface area contributed by atoms with Crippen LogP contribution in [0.3, 0.4) is 0 Å². The number of fused-ring (bicyclic) bond motifs is 14. The van der Waals surface area contributed by atoms with Crippen molar-refractivity contribution in [3.63, 3.8) is 0 Å². The maximum absolute atomic E-state index is 6.66. The number of aromatic nitrogens is 1. The highest BCUT2D eigenvalue weighted by atomic mass is 16.3. The molecule has 0 aliphatic carbocycles. The maximum atomic E-state index is 6.66. The van der Waals surface area contributed by atoms with Crippen LogP contribution in [0.25, 0.3) is 93.1 Å². The third-order valence-corrected chi connectivity index (χ3v) is 9.66. The molecule has 10 rings (SSSR count). The van der Waals surface area contributed by atoms with Crippen molar-refractivity contribution in [3.8, 4) is 11.1 Å². The van der Waals surface area contributed by atoms with Gasteiger partial charge in [-0.15, -0.1) is 0 Å². The Hall–Kier alpha value is -5.28. The van der Waals surface area contributed by atoms with Crippen LogP contribution < -0.4 is 0 Å². The molecule has 0 N–H and O–H groups in total. The van der Waals surface area contributed by atoms with E-state index in [0.717, 1.165) is 54.9 Å². The summed E-state index contributed by atoms with van der Waals surface area (Å²) < 4.78 is 15.7. The second kappa shape index (κ2) is 7.51. The Kier molecular flexibility index (Phi) is 4.01. The van der Waals surface area contributed by atoms with Crippen molar-refractivity contribution in [1.82, 2.24) is 4.40 Å². The van der Waals surface area contributed by atoms with Gasteiger partial charge in [0, 0.05) is 43.1 Å². The van der Waals surface area contributed by atoms with Gasteiger partial charge >= 0.3 is 0 Å². The van der Waals surface area contributed by atoms with Gasteiger partial charge in [0.15, 0.2) is 11.2 Å². The van der Waals surface area contributed by atoms with Crippen molar-refractivity contribution in [3.05, 3.63) is 114 Å². The first-order valence-electron chi connectivity index (χ1n) is 14.5. The molecule has 0 amide bonds. The van der Waals surface area contributed by atoms with Crippen LogP contribution in [-0.4, -0.2) is 4.40 Å². The third-order valence-electron chi connectivity index (χ3n) is 9.66. The molecule has 0 unspecified atom stereocenters. The normalized spacial score (nSPS) is 12.6.